The number of hydrogen-bond donors (Lipinski definition) is 2. The van der Waals surface area contributed by atoms with Crippen LogP contribution in [0.25, 0.3) is 0 Å². The molecule has 19 atom stereocenters. The van der Waals surface area contributed by atoms with Crippen molar-refractivity contribution < 1.29 is 66.9 Å². The van der Waals surface area contributed by atoms with Gasteiger partial charge in [0, 0.05) is 63.9 Å². The Kier molecular flexibility index (Phi) is 16.9. The molecule has 0 aromatic carbocycles. The number of amides is 1. The minimum atomic E-state index is -1.44. The lowest BCUT2D eigenvalue weighted by Crippen LogP contribution is -2.62. The highest BCUT2D eigenvalue weighted by Crippen LogP contribution is 2.45. The molecule has 352 valence electrons. The van der Waals surface area contributed by atoms with E-state index >= 15 is 0 Å². The molecule has 0 unspecified atom stereocenters. The van der Waals surface area contributed by atoms with Crippen LogP contribution in [-0.2, 0) is 57.0 Å². The number of rotatable bonds is 11. The van der Waals surface area contributed by atoms with E-state index in [4.69, 9.17) is 48.4 Å². The van der Waals surface area contributed by atoms with Gasteiger partial charge in [-0.1, -0.05) is 27.7 Å². The Labute approximate surface area is 363 Å². The lowest BCUT2D eigenvalue weighted by molar-refractivity contribution is -0.320. The van der Waals surface area contributed by atoms with Gasteiger partial charge in [0.05, 0.1) is 42.0 Å². The zero-order valence-electron chi connectivity index (χ0n) is 39.5. The van der Waals surface area contributed by atoms with Crippen molar-refractivity contribution in [3.8, 4) is 0 Å². The Hall–Kier alpha value is -2.48. The van der Waals surface area contributed by atoms with Crippen LogP contribution in [0.4, 0.5) is 4.79 Å². The van der Waals surface area contributed by atoms with Gasteiger partial charge in [-0.05, 0) is 81.8 Å². The SMILES string of the molecule is CC[C@H]1OC(=O)[C@H](C)[C@@H](O[C@H]2C[C@@](C)(OC)[C@@H](OC(C)=O)[C@H](C)O2)[C@H](C)[C@@H](O[C@@H]2O[C@H](C)C[C@H](N(C)C)[C@H]2O)[C@](C)(OC)C[C@@H](C)C(=O)[C@H](C)[C@H]2N(C[C@H](C)N)C(=O)O[C@]12C. The fraction of sp³-hybridized carbons (Fsp3) is 0.909. The number of hydrogen-bond acceptors (Lipinski definition) is 16. The molecule has 0 aliphatic carbocycles. The van der Waals surface area contributed by atoms with Crippen molar-refractivity contribution in [2.75, 3.05) is 34.9 Å². The van der Waals surface area contributed by atoms with Crippen molar-refractivity contribution in [1.29, 1.82) is 0 Å². The number of fused-ring (bicyclic) bond motifs is 1. The maximum absolute atomic E-state index is 14.8. The number of esters is 2. The molecule has 0 saturated carbocycles. The van der Waals surface area contributed by atoms with E-state index in [1.807, 2.05) is 60.5 Å². The van der Waals surface area contributed by atoms with Gasteiger partial charge in [-0.15, -0.1) is 0 Å². The Bertz CT molecular complexity index is 1540. The van der Waals surface area contributed by atoms with Crippen LogP contribution in [0.2, 0.25) is 0 Å². The van der Waals surface area contributed by atoms with Crippen molar-refractivity contribution in [2.24, 2.45) is 29.4 Å². The largest absolute Gasteiger partial charge is 0.458 e. The van der Waals surface area contributed by atoms with Crippen LogP contribution in [0.1, 0.15) is 109 Å². The first-order valence-corrected chi connectivity index (χ1v) is 22.0. The summed E-state index contributed by atoms with van der Waals surface area (Å²) in [5, 5.41) is 11.8. The molecular formula is C44H77N3O14. The lowest BCUT2D eigenvalue weighted by atomic mass is 9.73. The highest BCUT2D eigenvalue weighted by Gasteiger charge is 2.61. The normalized spacial score (nSPS) is 44.8. The van der Waals surface area contributed by atoms with E-state index in [1.54, 1.807) is 34.6 Å². The maximum atomic E-state index is 14.8. The molecule has 1 amide bonds. The molecule has 4 aliphatic rings. The van der Waals surface area contributed by atoms with Gasteiger partial charge in [0.15, 0.2) is 24.3 Å². The van der Waals surface area contributed by atoms with E-state index in [-0.39, 0.29) is 43.7 Å². The van der Waals surface area contributed by atoms with E-state index in [9.17, 15) is 24.3 Å². The number of ether oxygens (including phenoxy) is 9. The smallest absolute Gasteiger partial charge is 0.410 e. The zero-order chi connectivity index (χ0) is 46.1. The molecule has 0 spiro atoms. The molecule has 0 aromatic heterocycles. The number of carbonyl (C=O) groups is 4. The highest BCUT2D eigenvalue weighted by molar-refractivity contribution is 5.85. The van der Waals surface area contributed by atoms with Crippen LogP contribution in [0.5, 0.6) is 0 Å². The lowest BCUT2D eigenvalue weighted by Gasteiger charge is -2.50. The number of likely N-dealkylation sites (N-methyl/N-ethyl adjacent to an activating group) is 1. The van der Waals surface area contributed by atoms with Crippen LogP contribution < -0.4 is 5.73 Å². The van der Waals surface area contributed by atoms with Gasteiger partial charge < -0.3 is 58.4 Å². The van der Waals surface area contributed by atoms with Gasteiger partial charge in [0.25, 0.3) is 0 Å². The summed E-state index contributed by atoms with van der Waals surface area (Å²) in [6.07, 6.45) is -7.49. The van der Waals surface area contributed by atoms with Crippen molar-refractivity contribution in [2.45, 2.75) is 199 Å². The summed E-state index contributed by atoms with van der Waals surface area (Å²) in [7, 11) is 6.82. The molecule has 4 fully saturated rings. The number of Topliss-reactive ketones (excluding diaryl/α,β-unsaturated/α-hetero) is 1. The van der Waals surface area contributed by atoms with Gasteiger partial charge in [0.1, 0.15) is 23.6 Å². The number of carbonyl (C=O) groups excluding carboxylic acids is 4. The van der Waals surface area contributed by atoms with Crippen LogP contribution in [0.3, 0.4) is 0 Å². The quantitative estimate of drug-likeness (QED) is 0.224. The first-order chi connectivity index (χ1) is 28.3. The number of methoxy groups -OCH3 is 2. The predicted molar refractivity (Wildman–Crippen MR) is 223 cm³/mol. The van der Waals surface area contributed by atoms with Crippen molar-refractivity contribution in [3.63, 3.8) is 0 Å². The molecule has 4 heterocycles. The summed E-state index contributed by atoms with van der Waals surface area (Å²) in [6, 6.07) is -1.59. The van der Waals surface area contributed by atoms with Crippen molar-refractivity contribution in [1.82, 2.24) is 9.80 Å². The van der Waals surface area contributed by atoms with Gasteiger partial charge in [-0.3, -0.25) is 19.3 Å². The zero-order valence-corrected chi connectivity index (χ0v) is 39.5. The van der Waals surface area contributed by atoms with E-state index in [2.05, 4.69) is 0 Å². The molecular weight excluding hydrogens is 794 g/mol. The molecule has 4 aliphatic heterocycles. The third kappa shape index (κ3) is 10.7. The Morgan fingerprint density at radius 3 is 2.10 bits per heavy atom. The van der Waals surface area contributed by atoms with Crippen LogP contribution in [0.15, 0.2) is 0 Å². The number of nitrogens with two attached hydrogens (primary N) is 1. The molecule has 0 radical (unpaired) electrons. The second-order valence-corrected chi connectivity index (χ2v) is 19.2. The van der Waals surface area contributed by atoms with Crippen LogP contribution >= 0.6 is 0 Å². The summed E-state index contributed by atoms with van der Waals surface area (Å²) in [4.78, 5) is 58.9. The van der Waals surface area contributed by atoms with Gasteiger partial charge in [0.2, 0.25) is 0 Å². The number of cyclic esters (lactones) is 1. The number of aliphatic hydroxyl groups is 1. The fourth-order valence-corrected chi connectivity index (χ4v) is 10.5. The van der Waals surface area contributed by atoms with Gasteiger partial charge >= 0.3 is 18.0 Å². The molecule has 0 aromatic rings. The first kappa shape index (κ1) is 51.2. The third-order valence-electron chi connectivity index (χ3n) is 13.9. The Morgan fingerprint density at radius 1 is 0.951 bits per heavy atom. The second kappa shape index (κ2) is 20.1. The van der Waals surface area contributed by atoms with Crippen LogP contribution in [0, 0.1) is 23.7 Å². The van der Waals surface area contributed by atoms with E-state index in [1.165, 1.54) is 26.0 Å². The molecule has 17 heteroatoms. The number of aliphatic hydroxyl groups excluding tert-OH is 1. The predicted octanol–water partition coefficient (Wildman–Crippen LogP) is 3.83. The molecule has 0 bridgehead atoms. The van der Waals surface area contributed by atoms with Crippen molar-refractivity contribution in [3.05, 3.63) is 0 Å². The summed E-state index contributed by atoms with van der Waals surface area (Å²) in [6.45, 7) is 21.2. The molecule has 4 rings (SSSR count). The summed E-state index contributed by atoms with van der Waals surface area (Å²) >= 11 is 0. The molecule has 17 nitrogen and oxygen atoms in total. The number of ketones is 1. The molecule has 3 N–H and O–H groups in total. The maximum Gasteiger partial charge on any atom is 0.410 e. The average molecular weight is 872 g/mol. The Morgan fingerprint density at radius 2 is 1.56 bits per heavy atom. The van der Waals surface area contributed by atoms with E-state index in [0.717, 1.165) is 0 Å². The van der Waals surface area contributed by atoms with Crippen molar-refractivity contribution >= 4 is 23.8 Å². The Balaban J connectivity index is 1.91. The van der Waals surface area contributed by atoms with Gasteiger partial charge in [-0.25, -0.2) is 4.79 Å². The summed E-state index contributed by atoms with van der Waals surface area (Å²) in [5.74, 6) is -4.51. The summed E-state index contributed by atoms with van der Waals surface area (Å²) < 4.78 is 57.2. The highest BCUT2D eigenvalue weighted by atomic mass is 16.7. The summed E-state index contributed by atoms with van der Waals surface area (Å²) in [5.41, 5.74) is 2.50. The third-order valence-corrected chi connectivity index (χ3v) is 13.9. The molecule has 61 heavy (non-hydrogen) atoms. The average Bonchev–Trinajstić information content (AvgIpc) is 3.43. The van der Waals surface area contributed by atoms with Crippen LogP contribution in [-0.4, -0.2) is 164 Å². The standard InChI is InChI=1S/C44H77N3O14/c1-17-31-44(12)36(47(21-23(3)45)41(52)61-44)25(5)33(49)22(2)19-42(10,53-15)37(60-40-34(50)30(46(13)14)18-24(4)55-40)26(6)35(27(7)39(51)58-31)59-32-20-43(11,54-16)38(28(8)56-32)57-29(9)48/h22-28,30-32,34-38,40,50H,17-21,45H2,1-16H3/t22-,23+,24-,25+,26+,27-,28+,30+,31-,32+,34-,35+,36-,37-,38+,40+,42-,43-,44-/m1/s1. The monoisotopic (exact) mass is 872 g/mol. The fourth-order valence-electron chi connectivity index (χ4n) is 10.5. The minimum Gasteiger partial charge on any atom is -0.458 e. The first-order valence-electron chi connectivity index (χ1n) is 22.0. The van der Waals surface area contributed by atoms with Gasteiger partial charge in [-0.2, -0.15) is 0 Å². The second-order valence-electron chi connectivity index (χ2n) is 19.2. The van der Waals surface area contributed by atoms with E-state index < -0.39 is 120 Å². The molecule has 4 saturated heterocycles. The minimum absolute atomic E-state index is 0.111. The topological polar surface area (TPSA) is 204 Å². The number of nitrogens with zero attached hydrogens (tertiary/aromatic N) is 2. The van der Waals surface area contributed by atoms with E-state index in [0.29, 0.717) is 6.42 Å².